The second kappa shape index (κ2) is 6.48. The molecule has 0 bridgehead atoms. The molecule has 0 aliphatic carbocycles. The average molecular weight is 352 g/mol. The van der Waals surface area contributed by atoms with E-state index < -0.39 is 0 Å². The summed E-state index contributed by atoms with van der Waals surface area (Å²) in [6, 6.07) is 9.20. The van der Waals surface area contributed by atoms with Gasteiger partial charge in [-0.3, -0.25) is 0 Å². The summed E-state index contributed by atoms with van der Waals surface area (Å²) in [5.74, 6) is 0.645. The van der Waals surface area contributed by atoms with Crippen molar-refractivity contribution >= 4 is 21.6 Å². The maximum absolute atomic E-state index is 13.3. The van der Waals surface area contributed by atoms with Crippen LogP contribution >= 0.6 is 15.9 Å². The monoisotopic (exact) mass is 351 g/mol. The van der Waals surface area contributed by atoms with Gasteiger partial charge in [0, 0.05) is 17.3 Å². The van der Waals surface area contributed by atoms with Crippen molar-refractivity contribution in [2.24, 2.45) is 0 Å². The van der Waals surface area contributed by atoms with Crippen LogP contribution in [0.25, 0.3) is 0 Å². The minimum absolute atomic E-state index is 0.0630. The first-order chi connectivity index (χ1) is 9.93. The first-order valence-electron chi connectivity index (χ1n) is 6.79. The molecule has 112 valence electrons. The number of benzene rings is 2. The SMILES string of the molecule is COc1c(C)ccc(NC(C)c2ccc(F)c(Br)c2)c1C. The van der Waals surface area contributed by atoms with Gasteiger partial charge in [-0.2, -0.15) is 0 Å². The fraction of sp³-hybridized carbons (Fsp3) is 0.294. The molecule has 0 saturated heterocycles. The summed E-state index contributed by atoms with van der Waals surface area (Å²) in [4.78, 5) is 0. The molecule has 0 heterocycles. The van der Waals surface area contributed by atoms with E-state index in [1.54, 1.807) is 19.2 Å². The van der Waals surface area contributed by atoms with E-state index in [0.717, 1.165) is 28.1 Å². The van der Waals surface area contributed by atoms with Crippen LogP contribution in [0.1, 0.15) is 29.7 Å². The lowest BCUT2D eigenvalue weighted by Gasteiger charge is -2.20. The molecule has 0 aromatic heterocycles. The Morgan fingerprint density at radius 1 is 1.19 bits per heavy atom. The Balaban J connectivity index is 2.27. The van der Waals surface area contributed by atoms with Crippen molar-refractivity contribution in [2.45, 2.75) is 26.8 Å². The molecule has 0 spiro atoms. The Kier molecular flexibility index (Phi) is 4.88. The number of aryl methyl sites for hydroxylation is 1. The normalized spacial score (nSPS) is 12.1. The van der Waals surface area contributed by atoms with Crippen LogP contribution in [0.5, 0.6) is 5.75 Å². The summed E-state index contributed by atoms with van der Waals surface area (Å²) >= 11 is 3.22. The second-order valence-electron chi connectivity index (χ2n) is 5.13. The Bertz CT molecular complexity index is 657. The number of nitrogens with one attached hydrogen (secondary N) is 1. The molecule has 0 saturated carbocycles. The predicted molar refractivity (Wildman–Crippen MR) is 88.6 cm³/mol. The zero-order chi connectivity index (χ0) is 15.6. The quantitative estimate of drug-likeness (QED) is 0.797. The zero-order valence-electron chi connectivity index (χ0n) is 12.6. The number of halogens is 2. The summed E-state index contributed by atoms with van der Waals surface area (Å²) in [5.41, 5.74) is 4.22. The summed E-state index contributed by atoms with van der Waals surface area (Å²) in [6.07, 6.45) is 0. The largest absolute Gasteiger partial charge is 0.496 e. The van der Waals surface area contributed by atoms with Crippen LogP contribution in [-0.2, 0) is 0 Å². The van der Waals surface area contributed by atoms with Gasteiger partial charge >= 0.3 is 0 Å². The van der Waals surface area contributed by atoms with Crippen LogP contribution in [0.2, 0.25) is 0 Å². The van der Waals surface area contributed by atoms with Crippen molar-refractivity contribution in [3.8, 4) is 5.75 Å². The van der Waals surface area contributed by atoms with Gasteiger partial charge in [-0.25, -0.2) is 4.39 Å². The molecule has 0 fully saturated rings. The average Bonchev–Trinajstić information content (AvgIpc) is 2.45. The molecule has 0 radical (unpaired) electrons. The highest BCUT2D eigenvalue weighted by Crippen LogP contribution is 2.32. The predicted octanol–water partition coefficient (Wildman–Crippen LogP) is 5.39. The third-order valence-corrected chi connectivity index (χ3v) is 4.23. The maximum Gasteiger partial charge on any atom is 0.137 e. The van der Waals surface area contributed by atoms with E-state index in [4.69, 9.17) is 4.74 Å². The van der Waals surface area contributed by atoms with Crippen molar-refractivity contribution in [1.82, 2.24) is 0 Å². The third-order valence-electron chi connectivity index (χ3n) is 3.62. The summed E-state index contributed by atoms with van der Waals surface area (Å²) < 4.78 is 19.2. The highest BCUT2D eigenvalue weighted by Gasteiger charge is 2.12. The summed E-state index contributed by atoms with van der Waals surface area (Å²) in [7, 11) is 1.68. The lowest BCUT2D eigenvalue weighted by atomic mass is 10.1. The van der Waals surface area contributed by atoms with E-state index in [1.165, 1.54) is 6.07 Å². The lowest BCUT2D eigenvalue weighted by Crippen LogP contribution is -2.08. The third kappa shape index (κ3) is 3.38. The van der Waals surface area contributed by atoms with Crippen LogP contribution in [0, 0.1) is 19.7 Å². The van der Waals surface area contributed by atoms with Gasteiger partial charge in [-0.05, 0) is 66.0 Å². The van der Waals surface area contributed by atoms with Gasteiger partial charge in [0.25, 0.3) is 0 Å². The molecule has 2 aromatic rings. The zero-order valence-corrected chi connectivity index (χ0v) is 14.2. The molecule has 0 aliphatic rings. The van der Waals surface area contributed by atoms with Crippen LogP contribution < -0.4 is 10.1 Å². The van der Waals surface area contributed by atoms with Gasteiger partial charge in [0.2, 0.25) is 0 Å². The van der Waals surface area contributed by atoms with Gasteiger partial charge < -0.3 is 10.1 Å². The Morgan fingerprint density at radius 2 is 1.90 bits per heavy atom. The minimum Gasteiger partial charge on any atom is -0.496 e. The number of hydrogen-bond acceptors (Lipinski definition) is 2. The first kappa shape index (κ1) is 15.8. The van der Waals surface area contributed by atoms with Crippen molar-refractivity contribution in [3.63, 3.8) is 0 Å². The van der Waals surface area contributed by atoms with E-state index in [1.807, 2.05) is 32.9 Å². The topological polar surface area (TPSA) is 21.3 Å². The molecule has 21 heavy (non-hydrogen) atoms. The standard InChI is InChI=1S/C17H19BrFNO/c1-10-5-8-16(11(2)17(10)21-4)20-12(3)13-6-7-15(19)14(18)9-13/h5-9,12,20H,1-4H3. The summed E-state index contributed by atoms with van der Waals surface area (Å²) in [6.45, 7) is 6.10. The van der Waals surface area contributed by atoms with E-state index in [2.05, 4.69) is 21.2 Å². The van der Waals surface area contributed by atoms with Gasteiger partial charge in [0.05, 0.1) is 11.6 Å². The van der Waals surface area contributed by atoms with Crippen LogP contribution in [-0.4, -0.2) is 7.11 Å². The van der Waals surface area contributed by atoms with Crippen LogP contribution in [0.15, 0.2) is 34.8 Å². The van der Waals surface area contributed by atoms with Gasteiger partial charge in [0.15, 0.2) is 0 Å². The van der Waals surface area contributed by atoms with E-state index in [9.17, 15) is 4.39 Å². The number of hydrogen-bond donors (Lipinski definition) is 1. The number of anilines is 1. The molecule has 1 atom stereocenters. The molecule has 2 rings (SSSR count). The fourth-order valence-corrected chi connectivity index (χ4v) is 2.79. The van der Waals surface area contributed by atoms with Crippen molar-refractivity contribution < 1.29 is 9.13 Å². The van der Waals surface area contributed by atoms with Crippen molar-refractivity contribution in [2.75, 3.05) is 12.4 Å². The fourth-order valence-electron chi connectivity index (χ4n) is 2.40. The van der Waals surface area contributed by atoms with Gasteiger partial charge in [-0.15, -0.1) is 0 Å². The first-order valence-corrected chi connectivity index (χ1v) is 7.59. The van der Waals surface area contributed by atoms with Crippen molar-refractivity contribution in [1.29, 1.82) is 0 Å². The van der Waals surface area contributed by atoms with Crippen LogP contribution in [0.4, 0.5) is 10.1 Å². The molecule has 0 aliphatic heterocycles. The second-order valence-corrected chi connectivity index (χ2v) is 5.98. The highest BCUT2D eigenvalue weighted by molar-refractivity contribution is 9.10. The van der Waals surface area contributed by atoms with E-state index in [0.29, 0.717) is 4.47 Å². The van der Waals surface area contributed by atoms with E-state index in [-0.39, 0.29) is 11.9 Å². The molecule has 1 unspecified atom stereocenters. The maximum atomic E-state index is 13.3. The van der Waals surface area contributed by atoms with Crippen molar-refractivity contribution in [3.05, 3.63) is 57.3 Å². The summed E-state index contributed by atoms with van der Waals surface area (Å²) in [5, 5.41) is 3.45. The molecular formula is C17H19BrFNO. The number of ether oxygens (including phenoxy) is 1. The Morgan fingerprint density at radius 3 is 2.52 bits per heavy atom. The molecule has 1 N–H and O–H groups in total. The molecule has 0 amide bonds. The molecule has 2 nitrogen and oxygen atoms in total. The molecular weight excluding hydrogens is 333 g/mol. The number of methoxy groups -OCH3 is 1. The highest BCUT2D eigenvalue weighted by atomic mass is 79.9. The lowest BCUT2D eigenvalue weighted by molar-refractivity contribution is 0.409. The molecule has 4 heteroatoms. The number of rotatable bonds is 4. The molecule has 2 aromatic carbocycles. The van der Waals surface area contributed by atoms with E-state index >= 15 is 0 Å². The Labute approximate surface area is 133 Å². The smallest absolute Gasteiger partial charge is 0.137 e. The minimum atomic E-state index is -0.251. The Hall–Kier alpha value is -1.55. The van der Waals surface area contributed by atoms with Gasteiger partial charge in [-0.1, -0.05) is 12.1 Å². The van der Waals surface area contributed by atoms with Crippen LogP contribution in [0.3, 0.4) is 0 Å². The van der Waals surface area contributed by atoms with Gasteiger partial charge in [0.1, 0.15) is 11.6 Å².